The molecular formula is C16H26ClN3O2S. The van der Waals surface area contributed by atoms with Crippen LogP contribution < -0.4 is 16.0 Å². The Kier molecular flexibility index (Phi) is 11.6. The maximum Gasteiger partial charge on any atom is 0.233 e. The maximum absolute atomic E-state index is 12.0. The number of amides is 2. The molecule has 2 amide bonds. The molecule has 0 radical (unpaired) electrons. The van der Waals surface area contributed by atoms with E-state index in [1.54, 1.807) is 0 Å². The van der Waals surface area contributed by atoms with Gasteiger partial charge in [0.1, 0.15) is 0 Å². The molecule has 1 unspecified atom stereocenters. The number of carbonyl (C=O) groups excluding carboxylic acids is 2. The lowest BCUT2D eigenvalue weighted by atomic mass is 10.3. The maximum atomic E-state index is 12.0. The molecule has 0 bridgehead atoms. The van der Waals surface area contributed by atoms with Crippen molar-refractivity contribution < 1.29 is 9.59 Å². The summed E-state index contributed by atoms with van der Waals surface area (Å²) in [6.07, 6.45) is 1.09. The second-order valence-corrected chi connectivity index (χ2v) is 6.42. The van der Waals surface area contributed by atoms with Crippen LogP contribution in [0.25, 0.3) is 0 Å². The monoisotopic (exact) mass is 359 g/mol. The molecule has 0 fully saturated rings. The van der Waals surface area contributed by atoms with Gasteiger partial charge in [0.15, 0.2) is 0 Å². The van der Waals surface area contributed by atoms with Gasteiger partial charge >= 0.3 is 0 Å². The van der Waals surface area contributed by atoms with Gasteiger partial charge in [-0.1, -0.05) is 6.92 Å². The molecular weight excluding hydrogens is 334 g/mol. The molecule has 5 nitrogen and oxygen atoms in total. The first-order chi connectivity index (χ1) is 10.5. The SMILES string of the molecule is CCCNCCNC(=O)C(C)Sc1ccc(NC(C)=O)cc1.Cl. The van der Waals surface area contributed by atoms with Gasteiger partial charge in [0.2, 0.25) is 11.8 Å². The minimum absolute atomic E-state index is 0. The third kappa shape index (κ3) is 9.48. The number of thioether (sulfide) groups is 1. The van der Waals surface area contributed by atoms with E-state index in [-0.39, 0.29) is 29.5 Å². The topological polar surface area (TPSA) is 70.2 Å². The Bertz CT molecular complexity index is 483. The van der Waals surface area contributed by atoms with E-state index in [0.29, 0.717) is 6.54 Å². The number of hydrogen-bond donors (Lipinski definition) is 3. The van der Waals surface area contributed by atoms with Crippen molar-refractivity contribution in [3.63, 3.8) is 0 Å². The van der Waals surface area contributed by atoms with E-state index < -0.39 is 0 Å². The Morgan fingerprint density at radius 2 is 1.78 bits per heavy atom. The smallest absolute Gasteiger partial charge is 0.233 e. The third-order valence-corrected chi connectivity index (χ3v) is 4.00. The van der Waals surface area contributed by atoms with Crippen LogP contribution in [-0.2, 0) is 9.59 Å². The summed E-state index contributed by atoms with van der Waals surface area (Å²) >= 11 is 1.50. The van der Waals surface area contributed by atoms with E-state index in [0.717, 1.165) is 30.1 Å². The first kappa shape index (κ1) is 21.8. The lowest BCUT2D eigenvalue weighted by Gasteiger charge is -2.12. The van der Waals surface area contributed by atoms with Gasteiger partial charge in [0.05, 0.1) is 5.25 Å². The molecule has 0 aliphatic carbocycles. The number of carbonyl (C=O) groups is 2. The zero-order chi connectivity index (χ0) is 16.4. The van der Waals surface area contributed by atoms with Crippen molar-refractivity contribution in [2.24, 2.45) is 0 Å². The van der Waals surface area contributed by atoms with Crippen molar-refractivity contribution in [1.82, 2.24) is 10.6 Å². The number of rotatable bonds is 9. The second-order valence-electron chi connectivity index (χ2n) is 5.01. The molecule has 0 spiro atoms. The summed E-state index contributed by atoms with van der Waals surface area (Å²) in [5, 5.41) is 8.73. The van der Waals surface area contributed by atoms with Crippen molar-refractivity contribution in [3.8, 4) is 0 Å². The predicted octanol–water partition coefficient (Wildman–Crippen LogP) is 2.66. The summed E-state index contributed by atoms with van der Waals surface area (Å²) in [6.45, 7) is 7.89. The molecule has 1 aromatic rings. The summed E-state index contributed by atoms with van der Waals surface area (Å²) < 4.78 is 0. The van der Waals surface area contributed by atoms with E-state index >= 15 is 0 Å². The number of anilines is 1. The molecule has 1 atom stereocenters. The highest BCUT2D eigenvalue weighted by molar-refractivity contribution is 8.00. The molecule has 3 N–H and O–H groups in total. The molecule has 7 heteroatoms. The molecule has 0 aromatic heterocycles. The summed E-state index contributed by atoms with van der Waals surface area (Å²) in [6, 6.07) is 7.48. The fraction of sp³-hybridized carbons (Fsp3) is 0.500. The molecule has 23 heavy (non-hydrogen) atoms. The van der Waals surface area contributed by atoms with Crippen molar-refractivity contribution >= 4 is 41.7 Å². The highest BCUT2D eigenvalue weighted by Crippen LogP contribution is 2.24. The first-order valence-corrected chi connectivity index (χ1v) is 8.43. The van der Waals surface area contributed by atoms with Gasteiger partial charge in [-0.25, -0.2) is 0 Å². The predicted molar refractivity (Wildman–Crippen MR) is 99.5 cm³/mol. The number of hydrogen-bond acceptors (Lipinski definition) is 4. The van der Waals surface area contributed by atoms with E-state index in [4.69, 9.17) is 0 Å². The number of nitrogens with one attached hydrogen (secondary N) is 3. The Morgan fingerprint density at radius 3 is 2.35 bits per heavy atom. The van der Waals surface area contributed by atoms with Gasteiger partial charge in [0.25, 0.3) is 0 Å². The molecule has 0 aliphatic heterocycles. The Morgan fingerprint density at radius 1 is 1.13 bits per heavy atom. The largest absolute Gasteiger partial charge is 0.354 e. The van der Waals surface area contributed by atoms with Crippen molar-refractivity contribution in [3.05, 3.63) is 24.3 Å². The summed E-state index contributed by atoms with van der Waals surface area (Å²) in [4.78, 5) is 23.9. The van der Waals surface area contributed by atoms with Crippen molar-refractivity contribution in [2.45, 2.75) is 37.3 Å². The normalized spacial score (nSPS) is 11.3. The van der Waals surface area contributed by atoms with Crippen molar-refractivity contribution in [2.75, 3.05) is 25.0 Å². The Labute approximate surface area is 148 Å². The Balaban J connectivity index is 0.00000484. The first-order valence-electron chi connectivity index (χ1n) is 7.55. The molecule has 1 aromatic carbocycles. The van der Waals surface area contributed by atoms with Crippen LogP contribution in [0.15, 0.2) is 29.2 Å². The van der Waals surface area contributed by atoms with E-state index in [2.05, 4.69) is 22.9 Å². The molecule has 0 saturated carbocycles. The summed E-state index contributed by atoms with van der Waals surface area (Å²) in [7, 11) is 0. The Hall–Kier alpha value is -1.24. The van der Waals surface area contributed by atoms with Crippen LogP contribution in [-0.4, -0.2) is 36.7 Å². The third-order valence-electron chi connectivity index (χ3n) is 2.88. The quantitative estimate of drug-likeness (QED) is 0.468. The molecule has 1 rings (SSSR count). The lowest BCUT2D eigenvalue weighted by Crippen LogP contribution is -2.36. The van der Waals surface area contributed by atoms with E-state index in [9.17, 15) is 9.59 Å². The van der Waals surface area contributed by atoms with Crippen LogP contribution in [0.3, 0.4) is 0 Å². The van der Waals surface area contributed by atoms with E-state index in [1.807, 2.05) is 31.2 Å². The number of halogens is 1. The van der Waals surface area contributed by atoms with Crippen LogP contribution in [0.2, 0.25) is 0 Å². The average Bonchev–Trinajstić information content (AvgIpc) is 2.48. The van der Waals surface area contributed by atoms with Crippen LogP contribution in [0.5, 0.6) is 0 Å². The summed E-state index contributed by atoms with van der Waals surface area (Å²) in [5.74, 6) is -0.0564. The molecule has 0 saturated heterocycles. The van der Waals surface area contributed by atoms with Crippen LogP contribution in [0.4, 0.5) is 5.69 Å². The minimum Gasteiger partial charge on any atom is -0.354 e. The van der Waals surface area contributed by atoms with Crippen LogP contribution in [0.1, 0.15) is 27.2 Å². The highest BCUT2D eigenvalue weighted by atomic mass is 35.5. The molecule has 130 valence electrons. The molecule has 0 aliphatic rings. The second kappa shape index (κ2) is 12.2. The van der Waals surface area contributed by atoms with Crippen LogP contribution >= 0.6 is 24.2 Å². The summed E-state index contributed by atoms with van der Waals surface area (Å²) in [5.41, 5.74) is 0.760. The zero-order valence-corrected chi connectivity index (χ0v) is 15.5. The lowest BCUT2D eigenvalue weighted by molar-refractivity contribution is -0.120. The van der Waals surface area contributed by atoms with Gasteiger partial charge < -0.3 is 16.0 Å². The van der Waals surface area contributed by atoms with Gasteiger partial charge in [-0.05, 0) is 44.2 Å². The van der Waals surface area contributed by atoms with Crippen LogP contribution in [0, 0.1) is 0 Å². The van der Waals surface area contributed by atoms with Crippen molar-refractivity contribution in [1.29, 1.82) is 0 Å². The van der Waals surface area contributed by atoms with Gasteiger partial charge in [-0.15, -0.1) is 24.2 Å². The fourth-order valence-electron chi connectivity index (χ4n) is 1.80. The van der Waals surface area contributed by atoms with Gasteiger partial charge in [-0.3, -0.25) is 9.59 Å². The minimum atomic E-state index is -0.155. The highest BCUT2D eigenvalue weighted by Gasteiger charge is 2.13. The van der Waals surface area contributed by atoms with Gasteiger partial charge in [-0.2, -0.15) is 0 Å². The zero-order valence-electron chi connectivity index (χ0n) is 13.8. The molecule has 0 heterocycles. The number of benzene rings is 1. The van der Waals surface area contributed by atoms with E-state index in [1.165, 1.54) is 18.7 Å². The average molecular weight is 360 g/mol. The fourth-order valence-corrected chi connectivity index (χ4v) is 2.69. The van der Waals surface area contributed by atoms with Gasteiger partial charge in [0, 0.05) is 30.6 Å². The standard InChI is InChI=1S/C16H25N3O2S.ClH/c1-4-9-17-10-11-18-16(21)12(2)22-15-7-5-14(6-8-15)19-13(3)20;/h5-8,12,17H,4,9-11H2,1-3H3,(H,18,21)(H,19,20);1H.